The Labute approximate surface area is 164 Å². The Hall–Kier alpha value is -2.51. The van der Waals surface area contributed by atoms with E-state index in [9.17, 15) is 14.7 Å². The third-order valence-electron chi connectivity index (χ3n) is 4.14. The van der Waals surface area contributed by atoms with Gasteiger partial charge in [-0.3, -0.25) is 19.8 Å². The first-order valence-corrected chi connectivity index (χ1v) is 8.95. The van der Waals surface area contributed by atoms with Gasteiger partial charge in [-0.15, -0.1) is 0 Å². The van der Waals surface area contributed by atoms with Crippen LogP contribution >= 0.6 is 28.1 Å². The summed E-state index contributed by atoms with van der Waals surface area (Å²) < 4.78 is 0.715. The predicted molar refractivity (Wildman–Crippen MR) is 108 cm³/mol. The van der Waals surface area contributed by atoms with E-state index in [-0.39, 0.29) is 16.4 Å². The molecule has 0 aliphatic carbocycles. The number of carbonyl (C=O) groups excluding carboxylic acids is 2. The van der Waals surface area contributed by atoms with Gasteiger partial charge < -0.3 is 5.11 Å². The summed E-state index contributed by atoms with van der Waals surface area (Å²) in [5, 5.41) is 12.6. The number of benzene rings is 2. The van der Waals surface area contributed by atoms with Crippen molar-refractivity contribution in [2.24, 2.45) is 0 Å². The molecule has 1 fully saturated rings. The molecule has 2 amide bonds. The highest BCUT2D eigenvalue weighted by molar-refractivity contribution is 9.10. The van der Waals surface area contributed by atoms with Gasteiger partial charge >= 0.3 is 0 Å². The molecule has 1 heterocycles. The normalized spacial score (nSPS) is 16.2. The molecular formula is C19H15BrN2O3S. The minimum absolute atomic E-state index is 0.0267. The molecule has 7 heteroatoms. The molecule has 0 aromatic heterocycles. The van der Waals surface area contributed by atoms with Crippen LogP contribution in [0, 0.1) is 13.8 Å². The first-order valence-electron chi connectivity index (χ1n) is 7.75. The van der Waals surface area contributed by atoms with Crippen LogP contribution in [-0.2, 0) is 9.59 Å². The Bertz CT molecular complexity index is 985. The predicted octanol–water partition coefficient (Wildman–Crippen LogP) is 3.60. The summed E-state index contributed by atoms with van der Waals surface area (Å²) in [6.45, 7) is 3.91. The molecule has 0 bridgehead atoms. The van der Waals surface area contributed by atoms with Crippen molar-refractivity contribution in [1.29, 1.82) is 0 Å². The molecule has 3 rings (SSSR count). The number of nitrogens with zero attached hydrogens (tertiary/aromatic N) is 1. The van der Waals surface area contributed by atoms with Gasteiger partial charge in [0.15, 0.2) is 5.11 Å². The molecule has 1 aliphatic rings. The smallest absolute Gasteiger partial charge is 0.270 e. The number of hydrogen-bond acceptors (Lipinski definition) is 4. The second-order valence-electron chi connectivity index (χ2n) is 5.93. The quantitative estimate of drug-likeness (QED) is 0.433. The molecule has 0 saturated carbocycles. The summed E-state index contributed by atoms with van der Waals surface area (Å²) in [7, 11) is 0. The molecule has 26 heavy (non-hydrogen) atoms. The summed E-state index contributed by atoms with van der Waals surface area (Å²) >= 11 is 8.50. The van der Waals surface area contributed by atoms with Crippen LogP contribution in [0.15, 0.2) is 46.4 Å². The molecule has 132 valence electrons. The van der Waals surface area contributed by atoms with Crippen LogP contribution in [-0.4, -0.2) is 22.0 Å². The summed E-state index contributed by atoms with van der Waals surface area (Å²) in [6.07, 6.45) is 1.35. The van der Waals surface area contributed by atoms with Crippen LogP contribution in [0.3, 0.4) is 0 Å². The van der Waals surface area contributed by atoms with Crippen LogP contribution < -0.4 is 10.2 Å². The molecule has 2 N–H and O–H groups in total. The van der Waals surface area contributed by atoms with Crippen LogP contribution in [0.1, 0.15) is 16.7 Å². The second-order valence-corrected chi connectivity index (χ2v) is 7.23. The number of hydrogen-bond donors (Lipinski definition) is 2. The van der Waals surface area contributed by atoms with Gasteiger partial charge in [0.25, 0.3) is 11.8 Å². The lowest BCUT2D eigenvalue weighted by atomic mass is 10.0. The largest absolute Gasteiger partial charge is 0.507 e. The van der Waals surface area contributed by atoms with Crippen molar-refractivity contribution < 1.29 is 14.7 Å². The van der Waals surface area contributed by atoms with Gasteiger partial charge in [0.05, 0.1) is 5.69 Å². The molecule has 1 saturated heterocycles. The highest BCUT2D eigenvalue weighted by Gasteiger charge is 2.34. The number of phenolic OH excluding ortho intramolecular Hbond substituents is 1. The second kappa shape index (κ2) is 7.01. The third-order valence-corrected chi connectivity index (χ3v) is 4.92. The average Bonchev–Trinajstić information content (AvgIpc) is 2.57. The Kier molecular flexibility index (Phi) is 4.93. The van der Waals surface area contributed by atoms with Crippen molar-refractivity contribution in [2.75, 3.05) is 4.90 Å². The fourth-order valence-electron chi connectivity index (χ4n) is 2.55. The zero-order valence-electron chi connectivity index (χ0n) is 14.0. The lowest BCUT2D eigenvalue weighted by molar-refractivity contribution is -0.122. The van der Waals surface area contributed by atoms with E-state index in [0.29, 0.717) is 15.7 Å². The maximum absolute atomic E-state index is 13.0. The van der Waals surface area contributed by atoms with E-state index in [1.807, 2.05) is 26.0 Å². The Balaban J connectivity index is 2.07. The Morgan fingerprint density at radius 1 is 1.12 bits per heavy atom. The van der Waals surface area contributed by atoms with Gasteiger partial charge in [-0.05, 0) is 73.6 Å². The van der Waals surface area contributed by atoms with Crippen molar-refractivity contribution in [3.05, 3.63) is 63.1 Å². The van der Waals surface area contributed by atoms with Gasteiger partial charge in [-0.2, -0.15) is 0 Å². The zero-order chi connectivity index (χ0) is 19.0. The van der Waals surface area contributed by atoms with E-state index < -0.39 is 11.8 Å². The van der Waals surface area contributed by atoms with Crippen molar-refractivity contribution in [3.63, 3.8) is 0 Å². The lowest BCUT2D eigenvalue weighted by Gasteiger charge is -2.29. The van der Waals surface area contributed by atoms with E-state index in [1.165, 1.54) is 17.0 Å². The number of nitrogens with one attached hydrogen (secondary N) is 1. The minimum atomic E-state index is -0.598. The fourth-order valence-corrected chi connectivity index (χ4v) is 3.21. The van der Waals surface area contributed by atoms with Crippen LogP contribution in [0.4, 0.5) is 5.69 Å². The number of aromatic hydroxyl groups is 1. The SMILES string of the molecule is Cc1ccc(N2C(=O)C(=Cc3cc(Br)ccc3O)C(=O)NC2=S)cc1C. The third kappa shape index (κ3) is 3.40. The topological polar surface area (TPSA) is 69.6 Å². The fraction of sp³-hybridized carbons (Fsp3) is 0.105. The number of halogens is 1. The van der Waals surface area contributed by atoms with E-state index >= 15 is 0 Å². The highest BCUT2D eigenvalue weighted by atomic mass is 79.9. The van der Waals surface area contributed by atoms with Crippen molar-refractivity contribution in [1.82, 2.24) is 5.32 Å². The maximum atomic E-state index is 13.0. The van der Waals surface area contributed by atoms with Gasteiger partial charge in [0.2, 0.25) is 0 Å². The highest BCUT2D eigenvalue weighted by Crippen LogP contribution is 2.27. The van der Waals surface area contributed by atoms with E-state index in [4.69, 9.17) is 12.2 Å². The lowest BCUT2D eigenvalue weighted by Crippen LogP contribution is -2.54. The molecule has 2 aromatic rings. The summed E-state index contributed by atoms with van der Waals surface area (Å²) in [6, 6.07) is 10.3. The van der Waals surface area contributed by atoms with E-state index in [1.54, 1.807) is 18.2 Å². The molecule has 1 aliphatic heterocycles. The molecule has 2 aromatic carbocycles. The van der Waals surface area contributed by atoms with Crippen LogP contribution in [0.5, 0.6) is 5.75 Å². The molecule has 0 unspecified atom stereocenters. The summed E-state index contributed by atoms with van der Waals surface area (Å²) in [4.78, 5) is 26.5. The number of aryl methyl sites for hydroxylation is 2. The molecule has 0 spiro atoms. The maximum Gasteiger partial charge on any atom is 0.270 e. The first kappa shape index (κ1) is 18.3. The van der Waals surface area contributed by atoms with Crippen molar-refractivity contribution >= 4 is 56.8 Å². The van der Waals surface area contributed by atoms with Gasteiger partial charge in [-0.1, -0.05) is 22.0 Å². The molecule has 0 radical (unpaired) electrons. The van der Waals surface area contributed by atoms with E-state index in [0.717, 1.165) is 11.1 Å². The average molecular weight is 431 g/mol. The van der Waals surface area contributed by atoms with Gasteiger partial charge in [0, 0.05) is 10.0 Å². The number of rotatable bonds is 2. The first-order chi connectivity index (χ1) is 12.3. The number of phenols is 1. The number of carbonyl (C=O) groups is 2. The summed E-state index contributed by atoms with van der Waals surface area (Å²) in [5.41, 5.74) is 2.91. The summed E-state index contributed by atoms with van der Waals surface area (Å²) in [5.74, 6) is -1.17. The van der Waals surface area contributed by atoms with Crippen molar-refractivity contribution in [2.45, 2.75) is 13.8 Å². The number of anilines is 1. The van der Waals surface area contributed by atoms with Gasteiger partial charge in [0.1, 0.15) is 11.3 Å². The monoisotopic (exact) mass is 430 g/mol. The van der Waals surface area contributed by atoms with E-state index in [2.05, 4.69) is 21.2 Å². The van der Waals surface area contributed by atoms with Crippen LogP contribution in [0.2, 0.25) is 0 Å². The number of amides is 2. The molecule has 0 atom stereocenters. The molecule has 5 nitrogen and oxygen atoms in total. The van der Waals surface area contributed by atoms with Gasteiger partial charge in [-0.25, -0.2) is 0 Å². The van der Waals surface area contributed by atoms with Crippen molar-refractivity contribution in [3.8, 4) is 5.75 Å². The Morgan fingerprint density at radius 3 is 2.54 bits per heavy atom. The zero-order valence-corrected chi connectivity index (χ0v) is 16.4. The minimum Gasteiger partial charge on any atom is -0.507 e. The number of thiocarbonyl (C=S) groups is 1. The Morgan fingerprint density at radius 2 is 1.85 bits per heavy atom. The molecular weight excluding hydrogens is 416 g/mol. The standard InChI is InChI=1S/C19H15BrN2O3S/c1-10-3-5-14(7-11(10)2)22-18(25)15(17(24)21-19(22)26)9-12-8-13(20)4-6-16(12)23/h3-9,23H,1-2H3,(H,21,24,26). The van der Waals surface area contributed by atoms with Crippen LogP contribution in [0.25, 0.3) is 6.08 Å².